The predicted molar refractivity (Wildman–Crippen MR) is 61.6 cm³/mol. The summed E-state index contributed by atoms with van der Waals surface area (Å²) in [5, 5.41) is 23.0. The molecule has 1 atom stereocenters. The van der Waals surface area contributed by atoms with Crippen molar-refractivity contribution in [3.8, 4) is 0 Å². The predicted octanol–water partition coefficient (Wildman–Crippen LogP) is 1.02. The van der Waals surface area contributed by atoms with Crippen LogP contribution in [0.2, 0.25) is 0 Å². The number of aliphatic carboxylic acids is 1. The number of rotatable bonds is 5. The number of carboxylic acids is 1. The van der Waals surface area contributed by atoms with Gasteiger partial charge in [-0.25, -0.2) is 4.79 Å². The third-order valence-corrected chi connectivity index (χ3v) is 3.31. The Morgan fingerprint density at radius 3 is 2.71 bits per heavy atom. The van der Waals surface area contributed by atoms with Gasteiger partial charge in [0, 0.05) is 23.9 Å². The number of carboxylic acid groups (broad SMARTS) is 1. The molecule has 1 aliphatic carbocycles. The lowest BCUT2D eigenvalue weighted by molar-refractivity contribution is -0.148. The summed E-state index contributed by atoms with van der Waals surface area (Å²) < 4.78 is 1.82. The Hall–Kier alpha value is -1.36. The molecule has 0 spiro atoms. The lowest BCUT2D eigenvalue weighted by atomic mass is 9.94. The van der Waals surface area contributed by atoms with Crippen LogP contribution in [0.5, 0.6) is 0 Å². The van der Waals surface area contributed by atoms with E-state index in [2.05, 4.69) is 18.9 Å². The minimum absolute atomic E-state index is 0.437. The van der Waals surface area contributed by atoms with E-state index >= 15 is 0 Å². The Morgan fingerprint density at radius 2 is 2.24 bits per heavy atom. The molecule has 1 unspecified atom stereocenters. The van der Waals surface area contributed by atoms with Gasteiger partial charge in [-0.15, -0.1) is 0 Å². The van der Waals surface area contributed by atoms with Gasteiger partial charge in [0.15, 0.2) is 6.10 Å². The first-order valence-electron chi connectivity index (χ1n) is 5.90. The second kappa shape index (κ2) is 4.14. The number of aromatic nitrogens is 2. The first-order chi connectivity index (χ1) is 7.97. The van der Waals surface area contributed by atoms with Crippen molar-refractivity contribution < 1.29 is 15.0 Å². The highest BCUT2D eigenvalue weighted by atomic mass is 16.4. The van der Waals surface area contributed by atoms with E-state index in [1.54, 1.807) is 6.20 Å². The van der Waals surface area contributed by atoms with Crippen molar-refractivity contribution in [2.24, 2.45) is 5.92 Å². The van der Waals surface area contributed by atoms with E-state index in [0.717, 1.165) is 12.2 Å². The van der Waals surface area contributed by atoms with Gasteiger partial charge in [0.1, 0.15) is 0 Å². The molecule has 0 radical (unpaired) electrons. The first-order valence-corrected chi connectivity index (χ1v) is 5.90. The molecular formula is C12H18N2O3. The summed E-state index contributed by atoms with van der Waals surface area (Å²) in [4.78, 5) is 10.9. The topological polar surface area (TPSA) is 75.3 Å². The number of carbonyl (C=O) groups is 1. The summed E-state index contributed by atoms with van der Waals surface area (Å²) >= 11 is 0. The Balaban J connectivity index is 2.28. The van der Waals surface area contributed by atoms with E-state index in [1.807, 2.05) is 10.7 Å². The summed E-state index contributed by atoms with van der Waals surface area (Å²) in [5.41, 5.74) is 0.234. The molecule has 1 heterocycles. The molecule has 1 aliphatic rings. The Labute approximate surface area is 100 Å². The van der Waals surface area contributed by atoms with Gasteiger partial charge in [-0.2, -0.15) is 5.10 Å². The van der Waals surface area contributed by atoms with Crippen molar-refractivity contribution in [1.82, 2.24) is 9.78 Å². The van der Waals surface area contributed by atoms with E-state index in [4.69, 9.17) is 5.11 Å². The van der Waals surface area contributed by atoms with Crippen LogP contribution in [-0.4, -0.2) is 32.1 Å². The standard InChI is InChI=1S/C12H18N2O3/c1-8(2)7-14-9(3-6-13-14)12(4-5-12)10(15)11(16)17/h3,6,8,10,15H,4-5,7H2,1-2H3,(H,16,17). The first kappa shape index (κ1) is 12.1. The van der Waals surface area contributed by atoms with E-state index in [1.165, 1.54) is 0 Å². The summed E-state index contributed by atoms with van der Waals surface area (Å²) in [5.74, 6) is -0.716. The monoisotopic (exact) mass is 238 g/mol. The van der Waals surface area contributed by atoms with E-state index in [-0.39, 0.29) is 0 Å². The zero-order valence-electron chi connectivity index (χ0n) is 10.1. The number of nitrogens with zero attached hydrogens (tertiary/aromatic N) is 2. The highest BCUT2D eigenvalue weighted by Gasteiger charge is 2.55. The van der Waals surface area contributed by atoms with Crippen molar-refractivity contribution >= 4 is 5.97 Å². The van der Waals surface area contributed by atoms with Crippen LogP contribution < -0.4 is 0 Å². The van der Waals surface area contributed by atoms with Gasteiger partial charge >= 0.3 is 5.97 Å². The fourth-order valence-electron chi connectivity index (χ4n) is 2.29. The molecule has 17 heavy (non-hydrogen) atoms. The van der Waals surface area contributed by atoms with E-state index in [0.29, 0.717) is 18.8 Å². The molecule has 1 saturated carbocycles. The normalized spacial score (nSPS) is 19.3. The Bertz CT molecular complexity index is 421. The van der Waals surface area contributed by atoms with Crippen LogP contribution in [0.15, 0.2) is 12.3 Å². The van der Waals surface area contributed by atoms with Crippen molar-refractivity contribution in [3.05, 3.63) is 18.0 Å². The summed E-state index contributed by atoms with van der Waals surface area (Å²) in [6.07, 6.45) is 1.77. The summed E-state index contributed by atoms with van der Waals surface area (Å²) in [6, 6.07) is 1.82. The van der Waals surface area contributed by atoms with Crippen LogP contribution in [0.3, 0.4) is 0 Å². The molecule has 2 N–H and O–H groups in total. The average molecular weight is 238 g/mol. The van der Waals surface area contributed by atoms with Crippen molar-refractivity contribution in [2.75, 3.05) is 0 Å². The highest BCUT2D eigenvalue weighted by Crippen LogP contribution is 2.51. The summed E-state index contributed by atoms with van der Waals surface area (Å²) in [6.45, 7) is 4.91. The fourth-order valence-corrected chi connectivity index (χ4v) is 2.29. The molecule has 0 saturated heterocycles. The number of hydrogen-bond acceptors (Lipinski definition) is 3. The van der Waals surface area contributed by atoms with Gasteiger partial charge in [-0.3, -0.25) is 4.68 Å². The second-order valence-corrected chi connectivity index (χ2v) is 5.19. The van der Waals surface area contributed by atoms with Gasteiger partial charge in [0.2, 0.25) is 0 Å². The van der Waals surface area contributed by atoms with Crippen LogP contribution in [-0.2, 0) is 16.8 Å². The maximum Gasteiger partial charge on any atom is 0.333 e. The molecule has 1 aromatic heterocycles. The molecule has 5 heteroatoms. The average Bonchev–Trinajstić information content (AvgIpc) is 2.92. The molecule has 0 aliphatic heterocycles. The molecular weight excluding hydrogens is 220 g/mol. The minimum Gasteiger partial charge on any atom is -0.479 e. The lowest BCUT2D eigenvalue weighted by Gasteiger charge is -2.21. The maximum atomic E-state index is 10.9. The van der Waals surface area contributed by atoms with Crippen LogP contribution in [0.1, 0.15) is 32.4 Å². The summed E-state index contributed by atoms with van der Waals surface area (Å²) in [7, 11) is 0. The number of aliphatic hydroxyl groups excluding tert-OH is 1. The van der Waals surface area contributed by atoms with Gasteiger partial charge in [0.05, 0.1) is 0 Å². The lowest BCUT2D eigenvalue weighted by Crippen LogP contribution is -2.35. The molecule has 0 bridgehead atoms. The van der Waals surface area contributed by atoms with Gasteiger partial charge < -0.3 is 10.2 Å². The molecule has 0 aromatic carbocycles. The maximum absolute atomic E-state index is 10.9. The van der Waals surface area contributed by atoms with Gasteiger partial charge in [-0.05, 0) is 24.8 Å². The third kappa shape index (κ3) is 2.07. The smallest absolute Gasteiger partial charge is 0.333 e. The third-order valence-electron chi connectivity index (χ3n) is 3.31. The minimum atomic E-state index is -1.33. The van der Waals surface area contributed by atoms with Gasteiger partial charge in [-0.1, -0.05) is 13.8 Å². The van der Waals surface area contributed by atoms with E-state index in [9.17, 15) is 9.90 Å². The van der Waals surface area contributed by atoms with Crippen LogP contribution in [0, 0.1) is 5.92 Å². The molecule has 1 fully saturated rings. The van der Waals surface area contributed by atoms with Crippen molar-refractivity contribution in [1.29, 1.82) is 0 Å². The zero-order valence-corrected chi connectivity index (χ0v) is 10.1. The molecule has 2 rings (SSSR count). The van der Waals surface area contributed by atoms with Crippen LogP contribution >= 0.6 is 0 Å². The number of aliphatic hydroxyl groups is 1. The Morgan fingerprint density at radius 1 is 1.59 bits per heavy atom. The van der Waals surface area contributed by atoms with Gasteiger partial charge in [0.25, 0.3) is 0 Å². The molecule has 1 aromatic rings. The quantitative estimate of drug-likeness (QED) is 0.803. The largest absolute Gasteiger partial charge is 0.479 e. The van der Waals surface area contributed by atoms with Crippen molar-refractivity contribution in [2.45, 2.75) is 44.8 Å². The SMILES string of the molecule is CC(C)Cn1nccc1C1(C(O)C(=O)O)CC1. The molecule has 94 valence electrons. The number of hydrogen-bond donors (Lipinski definition) is 2. The van der Waals surface area contributed by atoms with Crippen LogP contribution in [0.4, 0.5) is 0 Å². The fraction of sp³-hybridized carbons (Fsp3) is 0.667. The highest BCUT2D eigenvalue weighted by molar-refractivity contribution is 5.75. The molecule has 5 nitrogen and oxygen atoms in total. The second-order valence-electron chi connectivity index (χ2n) is 5.19. The van der Waals surface area contributed by atoms with E-state index < -0.39 is 17.5 Å². The molecule has 0 amide bonds. The Kier molecular flexibility index (Phi) is 2.95. The van der Waals surface area contributed by atoms with Crippen LogP contribution in [0.25, 0.3) is 0 Å². The zero-order chi connectivity index (χ0) is 12.6. The van der Waals surface area contributed by atoms with Crippen molar-refractivity contribution in [3.63, 3.8) is 0 Å².